The van der Waals surface area contributed by atoms with Crippen LogP contribution in [0.5, 0.6) is 0 Å². The molecule has 118 valence electrons. The maximum atomic E-state index is 12.6. The Kier molecular flexibility index (Phi) is 4.49. The summed E-state index contributed by atoms with van der Waals surface area (Å²) in [5, 5.41) is 11.8. The van der Waals surface area contributed by atoms with Gasteiger partial charge >= 0.3 is 5.97 Å². The second-order valence-corrected chi connectivity index (χ2v) is 5.86. The van der Waals surface area contributed by atoms with Crippen molar-refractivity contribution >= 4 is 17.8 Å². The first-order valence-electron chi connectivity index (χ1n) is 7.22. The van der Waals surface area contributed by atoms with Gasteiger partial charge in [0.2, 0.25) is 0 Å². The number of piperidine rings is 1. The lowest BCUT2D eigenvalue weighted by Gasteiger charge is -2.37. The topological polar surface area (TPSA) is 86.7 Å². The van der Waals surface area contributed by atoms with Gasteiger partial charge in [-0.05, 0) is 38.0 Å². The van der Waals surface area contributed by atoms with Gasteiger partial charge in [0, 0.05) is 31.3 Å². The minimum absolute atomic E-state index is 0.186. The third kappa shape index (κ3) is 3.10. The first-order chi connectivity index (χ1) is 10.4. The molecule has 2 N–H and O–H groups in total. The summed E-state index contributed by atoms with van der Waals surface area (Å²) in [4.78, 5) is 37.1. The third-order valence-corrected chi connectivity index (χ3v) is 4.10. The number of carboxylic acid groups (broad SMARTS) is 1. The SMILES string of the molecule is CNC(=O)c1cccc(C(=O)N2CCCC(C)(C(=O)O)C2)c1. The standard InChI is InChI=1S/C16H20N2O4/c1-16(15(21)22)7-4-8-18(10-16)14(20)12-6-3-5-11(9-12)13(19)17-2/h3,5-6,9H,4,7-8,10H2,1-2H3,(H,17,19)(H,21,22). The van der Waals surface area contributed by atoms with Crippen LogP contribution >= 0.6 is 0 Å². The fourth-order valence-electron chi connectivity index (χ4n) is 2.71. The Hall–Kier alpha value is -2.37. The molecule has 1 atom stereocenters. The second kappa shape index (κ2) is 6.17. The van der Waals surface area contributed by atoms with Crippen molar-refractivity contribution in [1.29, 1.82) is 0 Å². The Morgan fingerprint density at radius 2 is 1.95 bits per heavy atom. The van der Waals surface area contributed by atoms with E-state index in [1.54, 1.807) is 30.0 Å². The minimum Gasteiger partial charge on any atom is -0.481 e. The van der Waals surface area contributed by atoms with Crippen LogP contribution in [0.3, 0.4) is 0 Å². The number of amides is 2. The van der Waals surface area contributed by atoms with E-state index in [-0.39, 0.29) is 18.4 Å². The molecule has 1 unspecified atom stereocenters. The van der Waals surface area contributed by atoms with E-state index in [9.17, 15) is 19.5 Å². The molecule has 1 saturated heterocycles. The Labute approximate surface area is 129 Å². The summed E-state index contributed by atoms with van der Waals surface area (Å²) >= 11 is 0. The Balaban J connectivity index is 2.21. The maximum absolute atomic E-state index is 12.6. The number of nitrogens with one attached hydrogen (secondary N) is 1. The lowest BCUT2D eigenvalue weighted by molar-refractivity contribution is -0.150. The van der Waals surface area contributed by atoms with Crippen molar-refractivity contribution in [3.05, 3.63) is 35.4 Å². The van der Waals surface area contributed by atoms with Gasteiger partial charge in [-0.1, -0.05) is 6.07 Å². The second-order valence-electron chi connectivity index (χ2n) is 5.86. The van der Waals surface area contributed by atoms with Crippen LogP contribution in [0, 0.1) is 5.41 Å². The Bertz CT molecular complexity index is 614. The number of rotatable bonds is 3. The van der Waals surface area contributed by atoms with Crippen LogP contribution in [0.25, 0.3) is 0 Å². The predicted molar refractivity (Wildman–Crippen MR) is 80.7 cm³/mol. The molecule has 0 aromatic heterocycles. The Morgan fingerprint density at radius 3 is 2.59 bits per heavy atom. The molecule has 6 heteroatoms. The lowest BCUT2D eigenvalue weighted by Crippen LogP contribution is -2.48. The number of nitrogens with zero attached hydrogens (tertiary/aromatic N) is 1. The number of benzene rings is 1. The molecular formula is C16H20N2O4. The van der Waals surface area contributed by atoms with Crippen LogP contribution in [0.1, 0.15) is 40.5 Å². The molecule has 2 rings (SSSR count). The van der Waals surface area contributed by atoms with Crippen molar-refractivity contribution in [2.24, 2.45) is 5.41 Å². The summed E-state index contributed by atoms with van der Waals surface area (Å²) in [7, 11) is 1.53. The smallest absolute Gasteiger partial charge is 0.311 e. The lowest BCUT2D eigenvalue weighted by atomic mass is 9.82. The van der Waals surface area contributed by atoms with Gasteiger partial charge in [0.05, 0.1) is 5.41 Å². The molecule has 1 fully saturated rings. The van der Waals surface area contributed by atoms with E-state index in [4.69, 9.17) is 0 Å². The highest BCUT2D eigenvalue weighted by Crippen LogP contribution is 2.30. The first kappa shape index (κ1) is 16.0. The summed E-state index contributed by atoms with van der Waals surface area (Å²) < 4.78 is 0. The molecular weight excluding hydrogens is 284 g/mol. The molecule has 0 bridgehead atoms. The summed E-state index contributed by atoms with van der Waals surface area (Å²) in [5.41, 5.74) is -0.103. The van der Waals surface area contributed by atoms with E-state index >= 15 is 0 Å². The first-order valence-corrected chi connectivity index (χ1v) is 7.22. The average molecular weight is 304 g/mol. The normalized spacial score (nSPS) is 21.3. The molecule has 1 aliphatic rings. The number of carboxylic acids is 1. The largest absolute Gasteiger partial charge is 0.481 e. The summed E-state index contributed by atoms with van der Waals surface area (Å²) in [5.74, 6) is -1.38. The number of likely N-dealkylation sites (tertiary alicyclic amines) is 1. The predicted octanol–water partition coefficient (Wildman–Crippen LogP) is 1.37. The average Bonchev–Trinajstić information content (AvgIpc) is 2.53. The van der Waals surface area contributed by atoms with Crippen LogP contribution in [-0.4, -0.2) is 47.9 Å². The summed E-state index contributed by atoms with van der Waals surface area (Å²) in [6.07, 6.45) is 1.22. The van der Waals surface area contributed by atoms with E-state index in [1.165, 1.54) is 13.1 Å². The van der Waals surface area contributed by atoms with Crippen molar-refractivity contribution < 1.29 is 19.5 Å². The molecule has 1 aromatic carbocycles. The van der Waals surface area contributed by atoms with E-state index in [0.29, 0.717) is 30.5 Å². The highest BCUT2D eigenvalue weighted by molar-refractivity contribution is 5.99. The zero-order chi connectivity index (χ0) is 16.3. The molecule has 1 aromatic rings. The van der Waals surface area contributed by atoms with E-state index in [2.05, 4.69) is 5.32 Å². The van der Waals surface area contributed by atoms with Gasteiger partial charge in [-0.3, -0.25) is 14.4 Å². The number of aliphatic carboxylic acids is 1. The number of carbonyl (C=O) groups excluding carboxylic acids is 2. The Morgan fingerprint density at radius 1 is 1.27 bits per heavy atom. The van der Waals surface area contributed by atoms with Gasteiger partial charge in [-0.15, -0.1) is 0 Å². The fraction of sp³-hybridized carbons (Fsp3) is 0.438. The third-order valence-electron chi connectivity index (χ3n) is 4.10. The van der Waals surface area contributed by atoms with Crippen LogP contribution < -0.4 is 5.32 Å². The number of hydrogen-bond acceptors (Lipinski definition) is 3. The molecule has 1 heterocycles. The molecule has 0 spiro atoms. The summed E-state index contributed by atoms with van der Waals surface area (Å²) in [6, 6.07) is 6.46. The van der Waals surface area contributed by atoms with Crippen molar-refractivity contribution in [2.75, 3.05) is 20.1 Å². The molecule has 0 radical (unpaired) electrons. The minimum atomic E-state index is -0.910. The van der Waals surface area contributed by atoms with Crippen molar-refractivity contribution in [3.63, 3.8) is 0 Å². The molecule has 2 amide bonds. The highest BCUT2D eigenvalue weighted by atomic mass is 16.4. The van der Waals surface area contributed by atoms with Gasteiger partial charge in [-0.2, -0.15) is 0 Å². The zero-order valence-electron chi connectivity index (χ0n) is 12.8. The van der Waals surface area contributed by atoms with Crippen LogP contribution in [0.2, 0.25) is 0 Å². The van der Waals surface area contributed by atoms with Crippen LogP contribution in [0.4, 0.5) is 0 Å². The van der Waals surface area contributed by atoms with E-state index in [0.717, 1.165) is 0 Å². The molecule has 0 aliphatic carbocycles. The van der Waals surface area contributed by atoms with E-state index < -0.39 is 11.4 Å². The van der Waals surface area contributed by atoms with E-state index in [1.807, 2.05) is 0 Å². The fourth-order valence-corrected chi connectivity index (χ4v) is 2.71. The van der Waals surface area contributed by atoms with Gasteiger partial charge in [-0.25, -0.2) is 0 Å². The van der Waals surface area contributed by atoms with Crippen LogP contribution in [-0.2, 0) is 4.79 Å². The van der Waals surface area contributed by atoms with Gasteiger partial charge in [0.25, 0.3) is 11.8 Å². The zero-order valence-corrected chi connectivity index (χ0v) is 12.8. The van der Waals surface area contributed by atoms with Crippen molar-refractivity contribution in [1.82, 2.24) is 10.2 Å². The van der Waals surface area contributed by atoms with Gasteiger partial charge < -0.3 is 15.3 Å². The molecule has 6 nitrogen and oxygen atoms in total. The molecule has 0 saturated carbocycles. The quantitative estimate of drug-likeness (QED) is 0.883. The summed E-state index contributed by atoms with van der Waals surface area (Å²) in [6.45, 7) is 2.38. The monoisotopic (exact) mass is 304 g/mol. The van der Waals surface area contributed by atoms with Crippen molar-refractivity contribution in [2.45, 2.75) is 19.8 Å². The van der Waals surface area contributed by atoms with Crippen LogP contribution in [0.15, 0.2) is 24.3 Å². The maximum Gasteiger partial charge on any atom is 0.311 e. The van der Waals surface area contributed by atoms with Crippen molar-refractivity contribution in [3.8, 4) is 0 Å². The van der Waals surface area contributed by atoms with Gasteiger partial charge in [0.1, 0.15) is 0 Å². The number of carbonyl (C=O) groups is 3. The highest BCUT2D eigenvalue weighted by Gasteiger charge is 2.39. The molecule has 22 heavy (non-hydrogen) atoms. The number of hydrogen-bond donors (Lipinski definition) is 2. The van der Waals surface area contributed by atoms with Gasteiger partial charge in [0.15, 0.2) is 0 Å². The molecule has 1 aliphatic heterocycles.